The molecule has 0 aromatic heterocycles. The molecule has 1 aromatic carbocycles. The largest absolute Gasteiger partial charge is 0.251 e. The Hall–Kier alpha value is -0.860. The summed E-state index contributed by atoms with van der Waals surface area (Å²) in [5, 5.41) is 7.90. The minimum Gasteiger partial charge on any atom is -0.251 e. The van der Waals surface area contributed by atoms with E-state index in [-0.39, 0.29) is 0 Å². The molecular weight excluding hydrogens is 224 g/mol. The van der Waals surface area contributed by atoms with Crippen molar-refractivity contribution < 1.29 is 10.1 Å². The van der Waals surface area contributed by atoms with Gasteiger partial charge in [-0.3, -0.25) is 5.26 Å². The number of rotatable bonds is 2. The number of benzene rings is 1. The van der Waals surface area contributed by atoms with Gasteiger partial charge in [-0.25, -0.2) is 4.89 Å². The van der Waals surface area contributed by atoms with E-state index in [0.29, 0.717) is 11.8 Å². The molecule has 0 heterocycles. The van der Waals surface area contributed by atoms with Crippen LogP contribution in [0.3, 0.4) is 0 Å². The molecule has 0 aliphatic rings. The molecule has 2 heteroatoms. The standard InChI is InChI=1S/C12H18.C4H10O2/c1-9(2)11-7-5-6-8-12(11)10(3)4;1-4(2,3)6-5/h5-10H,1-4H3;5H,1-3H3. The van der Waals surface area contributed by atoms with E-state index in [9.17, 15) is 0 Å². The molecule has 2 nitrogen and oxygen atoms in total. The third-order valence-electron chi connectivity index (χ3n) is 2.51. The maximum atomic E-state index is 7.90. The Labute approximate surface area is 112 Å². The van der Waals surface area contributed by atoms with Crippen LogP contribution in [-0.2, 0) is 4.89 Å². The highest BCUT2D eigenvalue weighted by Gasteiger charge is 2.08. The van der Waals surface area contributed by atoms with Gasteiger partial charge in [-0.15, -0.1) is 0 Å². The molecule has 0 aliphatic heterocycles. The molecule has 0 radical (unpaired) electrons. The quantitative estimate of drug-likeness (QED) is 0.578. The zero-order valence-electron chi connectivity index (χ0n) is 12.8. The monoisotopic (exact) mass is 252 g/mol. The SMILES string of the molecule is CC(C)(C)OO.CC(C)c1ccccc1C(C)C. The Kier molecular flexibility index (Phi) is 7.19. The van der Waals surface area contributed by atoms with Crippen LogP contribution >= 0.6 is 0 Å². The van der Waals surface area contributed by atoms with Crippen LogP contribution in [-0.4, -0.2) is 10.9 Å². The first kappa shape index (κ1) is 17.1. The summed E-state index contributed by atoms with van der Waals surface area (Å²) in [5.41, 5.74) is 2.58. The summed E-state index contributed by atoms with van der Waals surface area (Å²) < 4.78 is 0. The Morgan fingerprint density at radius 1 is 0.889 bits per heavy atom. The molecule has 104 valence electrons. The Morgan fingerprint density at radius 2 is 1.17 bits per heavy atom. The summed E-state index contributed by atoms with van der Waals surface area (Å²) in [6, 6.07) is 8.72. The van der Waals surface area contributed by atoms with Gasteiger partial charge >= 0.3 is 0 Å². The van der Waals surface area contributed by atoms with Crippen molar-refractivity contribution >= 4 is 0 Å². The highest BCUT2D eigenvalue weighted by molar-refractivity contribution is 5.31. The lowest BCUT2D eigenvalue weighted by atomic mass is 9.91. The summed E-state index contributed by atoms with van der Waals surface area (Å²) in [5.74, 6) is 1.28. The van der Waals surface area contributed by atoms with Crippen molar-refractivity contribution in [3.8, 4) is 0 Å². The van der Waals surface area contributed by atoms with Crippen LogP contribution in [0.2, 0.25) is 0 Å². The first-order valence-corrected chi connectivity index (χ1v) is 6.60. The minimum atomic E-state index is -0.403. The summed E-state index contributed by atoms with van der Waals surface area (Å²) in [6.45, 7) is 14.3. The van der Waals surface area contributed by atoms with Gasteiger partial charge in [0.15, 0.2) is 0 Å². The lowest BCUT2D eigenvalue weighted by molar-refractivity contribution is -0.306. The van der Waals surface area contributed by atoms with E-state index in [4.69, 9.17) is 5.26 Å². The molecule has 0 fully saturated rings. The summed E-state index contributed by atoms with van der Waals surface area (Å²) in [4.78, 5) is 3.94. The van der Waals surface area contributed by atoms with Gasteiger partial charge in [0.1, 0.15) is 0 Å². The molecular formula is C16H28O2. The van der Waals surface area contributed by atoms with Crippen LogP contribution in [0, 0.1) is 0 Å². The second kappa shape index (κ2) is 7.55. The van der Waals surface area contributed by atoms with Gasteiger partial charge in [-0.2, -0.15) is 0 Å². The van der Waals surface area contributed by atoms with Crippen LogP contribution in [0.1, 0.15) is 71.4 Å². The number of hydrogen-bond acceptors (Lipinski definition) is 2. The average Bonchev–Trinajstić information content (AvgIpc) is 2.28. The smallest absolute Gasteiger partial charge is 0.0949 e. The molecule has 0 aliphatic carbocycles. The molecule has 0 saturated heterocycles. The average molecular weight is 252 g/mol. The van der Waals surface area contributed by atoms with Crippen molar-refractivity contribution in [2.45, 2.75) is 65.9 Å². The molecule has 0 unspecified atom stereocenters. The molecule has 0 atom stereocenters. The van der Waals surface area contributed by atoms with E-state index in [0.717, 1.165) is 0 Å². The van der Waals surface area contributed by atoms with Crippen LogP contribution in [0.4, 0.5) is 0 Å². The molecule has 1 N–H and O–H groups in total. The van der Waals surface area contributed by atoms with E-state index in [2.05, 4.69) is 56.8 Å². The van der Waals surface area contributed by atoms with Crippen molar-refractivity contribution in [2.75, 3.05) is 0 Å². The van der Waals surface area contributed by atoms with Crippen molar-refractivity contribution in [3.63, 3.8) is 0 Å². The third-order valence-corrected chi connectivity index (χ3v) is 2.51. The fourth-order valence-electron chi connectivity index (χ4n) is 1.56. The maximum absolute atomic E-state index is 7.90. The zero-order valence-corrected chi connectivity index (χ0v) is 12.8. The molecule has 0 amide bonds. The predicted molar refractivity (Wildman–Crippen MR) is 78.1 cm³/mol. The van der Waals surface area contributed by atoms with Crippen molar-refractivity contribution in [1.82, 2.24) is 0 Å². The summed E-state index contributed by atoms with van der Waals surface area (Å²) in [6.07, 6.45) is 0. The molecule has 0 spiro atoms. The van der Waals surface area contributed by atoms with E-state index < -0.39 is 5.60 Å². The second-order valence-corrected chi connectivity index (χ2v) is 6.14. The van der Waals surface area contributed by atoms with Crippen molar-refractivity contribution in [1.29, 1.82) is 0 Å². The Balaban J connectivity index is 0.000000411. The van der Waals surface area contributed by atoms with Crippen molar-refractivity contribution in [2.24, 2.45) is 0 Å². The highest BCUT2D eigenvalue weighted by Crippen LogP contribution is 2.25. The fraction of sp³-hybridized carbons (Fsp3) is 0.625. The molecule has 1 rings (SSSR count). The van der Waals surface area contributed by atoms with E-state index in [1.54, 1.807) is 20.8 Å². The maximum Gasteiger partial charge on any atom is 0.0949 e. The van der Waals surface area contributed by atoms with Gasteiger partial charge in [0, 0.05) is 0 Å². The Morgan fingerprint density at radius 3 is 1.33 bits per heavy atom. The highest BCUT2D eigenvalue weighted by atomic mass is 17.1. The van der Waals surface area contributed by atoms with Crippen LogP contribution in [0.25, 0.3) is 0 Å². The molecule has 0 bridgehead atoms. The topological polar surface area (TPSA) is 29.5 Å². The van der Waals surface area contributed by atoms with Gasteiger partial charge in [0.2, 0.25) is 0 Å². The summed E-state index contributed by atoms with van der Waals surface area (Å²) >= 11 is 0. The van der Waals surface area contributed by atoms with Gasteiger partial charge in [0.25, 0.3) is 0 Å². The van der Waals surface area contributed by atoms with E-state index in [1.807, 2.05) is 0 Å². The lowest BCUT2D eigenvalue weighted by Gasteiger charge is -2.14. The van der Waals surface area contributed by atoms with Gasteiger partial charge in [-0.1, -0.05) is 52.0 Å². The first-order valence-electron chi connectivity index (χ1n) is 6.60. The lowest BCUT2D eigenvalue weighted by Crippen LogP contribution is -2.15. The van der Waals surface area contributed by atoms with Crippen LogP contribution < -0.4 is 0 Å². The molecule has 0 saturated carbocycles. The van der Waals surface area contributed by atoms with Gasteiger partial charge in [0.05, 0.1) is 5.60 Å². The molecule has 1 aromatic rings. The van der Waals surface area contributed by atoms with E-state index in [1.165, 1.54) is 11.1 Å². The molecule has 18 heavy (non-hydrogen) atoms. The second-order valence-electron chi connectivity index (χ2n) is 6.14. The van der Waals surface area contributed by atoms with Gasteiger partial charge in [-0.05, 0) is 43.7 Å². The summed E-state index contributed by atoms with van der Waals surface area (Å²) in [7, 11) is 0. The first-order chi connectivity index (χ1) is 8.19. The fourth-order valence-corrected chi connectivity index (χ4v) is 1.56. The van der Waals surface area contributed by atoms with Crippen LogP contribution in [0.15, 0.2) is 24.3 Å². The predicted octanol–water partition coefficient (Wildman–Crippen LogP) is 5.21. The van der Waals surface area contributed by atoms with E-state index >= 15 is 0 Å². The van der Waals surface area contributed by atoms with Gasteiger partial charge < -0.3 is 0 Å². The Bertz CT molecular complexity index is 308. The minimum absolute atomic E-state index is 0.403. The third kappa shape index (κ3) is 6.77. The van der Waals surface area contributed by atoms with Crippen molar-refractivity contribution in [3.05, 3.63) is 35.4 Å². The number of hydrogen-bond donors (Lipinski definition) is 1. The zero-order chi connectivity index (χ0) is 14.3. The van der Waals surface area contributed by atoms with Crippen LogP contribution in [0.5, 0.6) is 0 Å². The normalized spacial score (nSPS) is 11.4.